The van der Waals surface area contributed by atoms with E-state index in [1.807, 2.05) is 0 Å². The van der Waals surface area contributed by atoms with Gasteiger partial charge in [-0.1, -0.05) is 30.7 Å². The molecule has 0 saturated heterocycles. The molecule has 0 atom stereocenters. The summed E-state index contributed by atoms with van der Waals surface area (Å²) in [5.41, 5.74) is 1.59. The average Bonchev–Trinajstić information content (AvgIpc) is 2.34. The maximum absolute atomic E-state index is 11.9. The molecular weight excluding hydrogens is 283 g/mol. The van der Waals surface area contributed by atoms with Gasteiger partial charge in [0.25, 0.3) is 0 Å². The number of nitrogens with one attached hydrogen (secondary N) is 1. The summed E-state index contributed by atoms with van der Waals surface area (Å²) in [6, 6.07) is 6.99. The van der Waals surface area contributed by atoms with Gasteiger partial charge in [0, 0.05) is 12.5 Å². The van der Waals surface area contributed by atoms with Gasteiger partial charge in [-0.15, -0.1) is 0 Å². The first kappa shape index (κ1) is 15.8. The van der Waals surface area contributed by atoms with Crippen molar-refractivity contribution in [3.05, 3.63) is 35.4 Å². The molecule has 3 nitrogen and oxygen atoms in total. The summed E-state index contributed by atoms with van der Waals surface area (Å²) in [6.45, 7) is -0.876. The zero-order valence-corrected chi connectivity index (χ0v) is 11.6. The molecule has 116 valence electrons. The number of halogens is 3. The number of hydrogen-bond acceptors (Lipinski definition) is 2. The molecule has 0 aromatic heterocycles. The molecular formula is C15H18F3NO2. The van der Waals surface area contributed by atoms with Gasteiger partial charge in [0.05, 0.1) is 6.61 Å². The van der Waals surface area contributed by atoms with Crippen LogP contribution in [-0.4, -0.2) is 18.7 Å². The van der Waals surface area contributed by atoms with Crippen LogP contribution in [0, 0.1) is 5.92 Å². The largest absolute Gasteiger partial charge is 0.411 e. The van der Waals surface area contributed by atoms with E-state index < -0.39 is 12.8 Å². The molecule has 0 unspecified atom stereocenters. The van der Waals surface area contributed by atoms with Gasteiger partial charge < -0.3 is 10.1 Å². The van der Waals surface area contributed by atoms with E-state index in [1.54, 1.807) is 24.3 Å². The van der Waals surface area contributed by atoms with Gasteiger partial charge in [-0.05, 0) is 24.0 Å². The Morgan fingerprint density at radius 2 is 1.81 bits per heavy atom. The Morgan fingerprint density at radius 3 is 2.33 bits per heavy atom. The summed E-state index contributed by atoms with van der Waals surface area (Å²) in [4.78, 5) is 11.7. The zero-order valence-electron chi connectivity index (χ0n) is 11.6. The van der Waals surface area contributed by atoms with Crippen LogP contribution in [-0.2, 0) is 22.7 Å². The summed E-state index contributed by atoms with van der Waals surface area (Å²) in [5.74, 6) is 0.235. The summed E-state index contributed by atoms with van der Waals surface area (Å²) in [5, 5.41) is 2.86. The molecule has 1 fully saturated rings. The number of carbonyl (C=O) groups excluding carboxylic acids is 1. The van der Waals surface area contributed by atoms with E-state index in [0.29, 0.717) is 12.1 Å². The summed E-state index contributed by atoms with van der Waals surface area (Å²) in [6.07, 6.45) is -1.26. The number of hydrogen-bond donors (Lipinski definition) is 1. The van der Waals surface area contributed by atoms with E-state index in [2.05, 4.69) is 10.1 Å². The predicted molar refractivity (Wildman–Crippen MR) is 71.3 cm³/mol. The van der Waals surface area contributed by atoms with Gasteiger partial charge >= 0.3 is 6.18 Å². The molecule has 0 radical (unpaired) electrons. The van der Waals surface area contributed by atoms with E-state index in [4.69, 9.17) is 0 Å². The topological polar surface area (TPSA) is 38.3 Å². The number of amides is 1. The lowest BCUT2D eigenvalue weighted by atomic mass is 9.85. The summed E-state index contributed by atoms with van der Waals surface area (Å²) < 4.78 is 40.4. The van der Waals surface area contributed by atoms with Gasteiger partial charge in [-0.3, -0.25) is 4.79 Å². The molecule has 1 saturated carbocycles. The van der Waals surface area contributed by atoms with Crippen molar-refractivity contribution in [2.45, 2.75) is 38.6 Å². The lowest BCUT2D eigenvalue weighted by Crippen LogP contribution is -2.33. The number of ether oxygens (including phenoxy) is 1. The Balaban J connectivity index is 1.72. The van der Waals surface area contributed by atoms with Crippen LogP contribution < -0.4 is 5.32 Å². The first-order valence-electron chi connectivity index (χ1n) is 6.94. The fourth-order valence-corrected chi connectivity index (χ4v) is 2.04. The Bertz CT molecular complexity index is 467. The van der Waals surface area contributed by atoms with Crippen LogP contribution >= 0.6 is 0 Å². The van der Waals surface area contributed by atoms with Crippen LogP contribution in [0.15, 0.2) is 24.3 Å². The van der Waals surface area contributed by atoms with Crippen molar-refractivity contribution >= 4 is 5.91 Å². The molecule has 0 spiro atoms. The maximum atomic E-state index is 11.9. The van der Waals surface area contributed by atoms with Crippen molar-refractivity contribution in [2.75, 3.05) is 6.61 Å². The molecule has 1 aliphatic rings. The second-order valence-corrected chi connectivity index (χ2v) is 5.27. The average molecular weight is 301 g/mol. The molecule has 21 heavy (non-hydrogen) atoms. The van der Waals surface area contributed by atoms with E-state index >= 15 is 0 Å². The standard InChI is InChI=1S/C15H18F3NO2/c16-15(17,18)10-21-9-12-6-4-11(5-7-12)8-19-14(20)13-2-1-3-13/h4-7,13H,1-3,8-10H2,(H,19,20). The molecule has 1 aromatic rings. The van der Waals surface area contributed by atoms with Crippen molar-refractivity contribution in [3.63, 3.8) is 0 Å². The lowest BCUT2D eigenvalue weighted by molar-refractivity contribution is -0.176. The minimum absolute atomic E-state index is 0.0752. The van der Waals surface area contributed by atoms with Crippen LogP contribution in [0.25, 0.3) is 0 Å². The second-order valence-electron chi connectivity index (χ2n) is 5.27. The van der Waals surface area contributed by atoms with Gasteiger partial charge in [-0.25, -0.2) is 0 Å². The minimum atomic E-state index is -4.30. The molecule has 6 heteroatoms. The van der Waals surface area contributed by atoms with Crippen LogP contribution in [0.2, 0.25) is 0 Å². The number of benzene rings is 1. The third-order valence-corrected chi connectivity index (χ3v) is 3.50. The smallest absolute Gasteiger partial charge is 0.367 e. The summed E-state index contributed by atoms with van der Waals surface area (Å²) >= 11 is 0. The van der Waals surface area contributed by atoms with Crippen molar-refractivity contribution in [3.8, 4) is 0 Å². The third kappa shape index (κ3) is 5.38. The highest BCUT2D eigenvalue weighted by atomic mass is 19.4. The molecule has 0 heterocycles. The number of rotatable bonds is 6. The van der Waals surface area contributed by atoms with Crippen LogP contribution in [0.5, 0.6) is 0 Å². The molecule has 1 amide bonds. The van der Waals surface area contributed by atoms with E-state index in [9.17, 15) is 18.0 Å². The van der Waals surface area contributed by atoms with E-state index in [0.717, 1.165) is 24.8 Å². The highest BCUT2D eigenvalue weighted by Gasteiger charge is 2.27. The lowest BCUT2D eigenvalue weighted by Gasteiger charge is -2.24. The van der Waals surface area contributed by atoms with Gasteiger partial charge in [0.2, 0.25) is 5.91 Å². The molecule has 1 aromatic carbocycles. The molecule has 0 bridgehead atoms. The Labute approximate surface area is 121 Å². The monoisotopic (exact) mass is 301 g/mol. The van der Waals surface area contributed by atoms with E-state index in [-0.39, 0.29) is 18.4 Å². The van der Waals surface area contributed by atoms with Crippen molar-refractivity contribution < 1.29 is 22.7 Å². The predicted octanol–water partition coefficient (Wildman–Crippen LogP) is 3.18. The SMILES string of the molecule is O=C(NCc1ccc(COCC(F)(F)F)cc1)C1CCC1. The Hall–Kier alpha value is -1.56. The van der Waals surface area contributed by atoms with Crippen LogP contribution in [0.4, 0.5) is 13.2 Å². The van der Waals surface area contributed by atoms with E-state index in [1.165, 1.54) is 0 Å². The fraction of sp³-hybridized carbons (Fsp3) is 0.533. The van der Waals surface area contributed by atoms with Crippen molar-refractivity contribution in [2.24, 2.45) is 5.92 Å². The van der Waals surface area contributed by atoms with Crippen molar-refractivity contribution in [1.82, 2.24) is 5.32 Å². The Kier molecular flexibility index (Phi) is 5.22. The van der Waals surface area contributed by atoms with Gasteiger partial charge in [-0.2, -0.15) is 13.2 Å². The molecule has 1 aliphatic carbocycles. The van der Waals surface area contributed by atoms with Gasteiger partial charge in [0.1, 0.15) is 6.61 Å². The quantitative estimate of drug-likeness (QED) is 0.876. The highest BCUT2D eigenvalue weighted by molar-refractivity contribution is 5.79. The zero-order chi connectivity index (χ0) is 15.3. The fourth-order valence-electron chi connectivity index (χ4n) is 2.04. The van der Waals surface area contributed by atoms with Crippen LogP contribution in [0.1, 0.15) is 30.4 Å². The minimum Gasteiger partial charge on any atom is -0.367 e. The summed E-state index contributed by atoms with van der Waals surface area (Å²) in [7, 11) is 0. The first-order chi connectivity index (χ1) is 9.94. The molecule has 0 aliphatic heterocycles. The highest BCUT2D eigenvalue weighted by Crippen LogP contribution is 2.26. The molecule has 1 N–H and O–H groups in total. The van der Waals surface area contributed by atoms with Crippen LogP contribution in [0.3, 0.4) is 0 Å². The second kappa shape index (κ2) is 6.93. The molecule has 2 rings (SSSR count). The maximum Gasteiger partial charge on any atom is 0.411 e. The van der Waals surface area contributed by atoms with Crippen molar-refractivity contribution in [1.29, 1.82) is 0 Å². The normalized spacial score (nSPS) is 15.6. The number of alkyl halides is 3. The van der Waals surface area contributed by atoms with Gasteiger partial charge in [0.15, 0.2) is 0 Å². The number of carbonyl (C=O) groups is 1. The third-order valence-electron chi connectivity index (χ3n) is 3.50. The Morgan fingerprint density at radius 1 is 1.19 bits per heavy atom. The first-order valence-corrected chi connectivity index (χ1v) is 6.94.